The standard InChI is InChI=1S/C15H19ClN2O2S/c16-12-9-11(3-4-13(12)18-6-1-2-7-18)17-14(19)15(20)5-8-21-10-15/h3-4,9,20H,1-2,5-8,10H2,(H,17,19). The highest BCUT2D eigenvalue weighted by Crippen LogP contribution is 2.33. The lowest BCUT2D eigenvalue weighted by atomic mass is 10.0. The highest BCUT2D eigenvalue weighted by molar-refractivity contribution is 7.99. The number of amides is 1. The molecule has 1 aromatic carbocycles. The van der Waals surface area contributed by atoms with Gasteiger partial charge in [-0.05, 0) is 43.2 Å². The Morgan fingerprint density at radius 1 is 1.38 bits per heavy atom. The van der Waals surface area contributed by atoms with E-state index in [0.717, 1.165) is 24.5 Å². The first-order chi connectivity index (χ1) is 10.1. The molecule has 1 amide bonds. The van der Waals surface area contributed by atoms with E-state index in [-0.39, 0.29) is 5.91 Å². The summed E-state index contributed by atoms with van der Waals surface area (Å²) in [6.07, 6.45) is 2.89. The molecule has 3 rings (SSSR count). The molecule has 2 heterocycles. The molecule has 114 valence electrons. The lowest BCUT2D eigenvalue weighted by Crippen LogP contribution is -2.42. The molecule has 2 saturated heterocycles. The van der Waals surface area contributed by atoms with Crippen LogP contribution in [0.15, 0.2) is 18.2 Å². The van der Waals surface area contributed by atoms with Gasteiger partial charge in [0.1, 0.15) is 0 Å². The average molecular weight is 327 g/mol. The van der Waals surface area contributed by atoms with E-state index in [0.29, 0.717) is 22.9 Å². The van der Waals surface area contributed by atoms with Crippen LogP contribution < -0.4 is 10.2 Å². The second-order valence-electron chi connectivity index (χ2n) is 5.65. The molecule has 0 bridgehead atoms. The zero-order valence-electron chi connectivity index (χ0n) is 11.8. The molecule has 0 saturated carbocycles. The molecule has 4 nitrogen and oxygen atoms in total. The number of carbonyl (C=O) groups excluding carboxylic acids is 1. The molecule has 2 fully saturated rings. The maximum Gasteiger partial charge on any atom is 0.257 e. The monoisotopic (exact) mass is 326 g/mol. The quantitative estimate of drug-likeness (QED) is 0.897. The van der Waals surface area contributed by atoms with Gasteiger partial charge in [0.25, 0.3) is 5.91 Å². The zero-order chi connectivity index (χ0) is 14.9. The lowest BCUT2D eigenvalue weighted by molar-refractivity contribution is -0.131. The number of aliphatic hydroxyl groups is 1. The largest absolute Gasteiger partial charge is 0.379 e. The molecule has 0 radical (unpaired) electrons. The third-order valence-electron chi connectivity index (χ3n) is 4.08. The second-order valence-corrected chi connectivity index (χ2v) is 7.16. The number of hydrogen-bond donors (Lipinski definition) is 2. The molecule has 6 heteroatoms. The Balaban J connectivity index is 1.71. The summed E-state index contributed by atoms with van der Waals surface area (Å²) in [5.74, 6) is 0.939. The van der Waals surface area contributed by atoms with Crippen LogP contribution in [0.5, 0.6) is 0 Å². The minimum Gasteiger partial charge on any atom is -0.379 e. The fourth-order valence-electron chi connectivity index (χ4n) is 2.78. The van der Waals surface area contributed by atoms with Crippen LogP contribution in [-0.4, -0.2) is 41.2 Å². The van der Waals surface area contributed by atoms with Crippen LogP contribution in [0.2, 0.25) is 5.02 Å². The Labute approximate surface area is 133 Å². The number of benzene rings is 1. The fraction of sp³-hybridized carbons (Fsp3) is 0.533. The van der Waals surface area contributed by atoms with Crippen molar-refractivity contribution in [1.29, 1.82) is 0 Å². The molecule has 0 aliphatic carbocycles. The first-order valence-electron chi connectivity index (χ1n) is 7.25. The van der Waals surface area contributed by atoms with E-state index in [4.69, 9.17) is 11.6 Å². The molecule has 0 aromatic heterocycles. The van der Waals surface area contributed by atoms with E-state index in [1.54, 1.807) is 17.8 Å². The van der Waals surface area contributed by atoms with E-state index in [1.807, 2.05) is 12.1 Å². The van der Waals surface area contributed by atoms with Gasteiger partial charge in [0, 0.05) is 24.5 Å². The molecule has 1 aromatic rings. The highest BCUT2D eigenvalue weighted by Gasteiger charge is 2.39. The van der Waals surface area contributed by atoms with Crippen molar-refractivity contribution < 1.29 is 9.90 Å². The number of carbonyl (C=O) groups is 1. The van der Waals surface area contributed by atoms with Gasteiger partial charge in [0.05, 0.1) is 10.7 Å². The van der Waals surface area contributed by atoms with Gasteiger partial charge in [-0.25, -0.2) is 0 Å². The minimum absolute atomic E-state index is 0.336. The predicted octanol–water partition coefficient (Wildman–Crippen LogP) is 2.75. The SMILES string of the molecule is O=C(Nc1ccc(N2CCCC2)c(Cl)c1)C1(O)CCSC1. The maximum atomic E-state index is 12.2. The van der Waals surface area contributed by atoms with Gasteiger partial charge in [-0.2, -0.15) is 11.8 Å². The Bertz CT molecular complexity index is 540. The Morgan fingerprint density at radius 2 is 2.14 bits per heavy atom. The smallest absolute Gasteiger partial charge is 0.257 e. The van der Waals surface area contributed by atoms with Crippen molar-refractivity contribution in [1.82, 2.24) is 0 Å². The van der Waals surface area contributed by atoms with E-state index in [9.17, 15) is 9.90 Å². The molecule has 1 unspecified atom stereocenters. The van der Waals surface area contributed by atoms with Crippen molar-refractivity contribution in [2.45, 2.75) is 24.9 Å². The summed E-state index contributed by atoms with van der Waals surface area (Å²) in [5, 5.41) is 13.7. The third-order valence-corrected chi connectivity index (χ3v) is 5.55. The van der Waals surface area contributed by atoms with Crippen LogP contribution in [-0.2, 0) is 4.79 Å². The van der Waals surface area contributed by atoms with Gasteiger partial charge in [0.15, 0.2) is 5.60 Å². The van der Waals surface area contributed by atoms with Crippen molar-refractivity contribution >= 4 is 40.6 Å². The molecule has 2 aliphatic heterocycles. The highest BCUT2D eigenvalue weighted by atomic mass is 35.5. The number of nitrogens with one attached hydrogen (secondary N) is 1. The predicted molar refractivity (Wildman–Crippen MR) is 88.4 cm³/mol. The van der Waals surface area contributed by atoms with Crippen molar-refractivity contribution in [3.05, 3.63) is 23.2 Å². The lowest BCUT2D eigenvalue weighted by Gasteiger charge is -2.22. The van der Waals surface area contributed by atoms with Crippen molar-refractivity contribution in [2.24, 2.45) is 0 Å². The van der Waals surface area contributed by atoms with E-state index >= 15 is 0 Å². The summed E-state index contributed by atoms with van der Waals surface area (Å²) < 4.78 is 0. The molecule has 21 heavy (non-hydrogen) atoms. The number of halogens is 1. The summed E-state index contributed by atoms with van der Waals surface area (Å²) in [4.78, 5) is 14.4. The summed E-state index contributed by atoms with van der Waals surface area (Å²) in [6.45, 7) is 2.06. The van der Waals surface area contributed by atoms with Crippen LogP contribution in [0, 0.1) is 0 Å². The van der Waals surface area contributed by atoms with Gasteiger partial charge in [-0.3, -0.25) is 4.79 Å². The van der Waals surface area contributed by atoms with Gasteiger partial charge in [-0.15, -0.1) is 0 Å². The first-order valence-corrected chi connectivity index (χ1v) is 8.78. The molecular weight excluding hydrogens is 308 g/mol. The van der Waals surface area contributed by atoms with Crippen molar-refractivity contribution in [3.63, 3.8) is 0 Å². The Hall–Kier alpha value is -0.910. The summed E-state index contributed by atoms with van der Waals surface area (Å²) in [5.41, 5.74) is 0.408. The van der Waals surface area contributed by atoms with Crippen LogP contribution in [0.25, 0.3) is 0 Å². The summed E-state index contributed by atoms with van der Waals surface area (Å²) in [6, 6.07) is 5.55. The summed E-state index contributed by atoms with van der Waals surface area (Å²) >= 11 is 7.93. The topological polar surface area (TPSA) is 52.6 Å². The normalized spacial score (nSPS) is 25.3. The zero-order valence-corrected chi connectivity index (χ0v) is 13.3. The molecular formula is C15H19ClN2O2S. The first kappa shape index (κ1) is 15.0. The van der Waals surface area contributed by atoms with Gasteiger partial charge in [-0.1, -0.05) is 11.6 Å². The molecule has 1 atom stereocenters. The van der Waals surface area contributed by atoms with Crippen LogP contribution in [0.1, 0.15) is 19.3 Å². The second kappa shape index (κ2) is 6.07. The van der Waals surface area contributed by atoms with E-state index in [1.165, 1.54) is 12.8 Å². The summed E-state index contributed by atoms with van der Waals surface area (Å²) in [7, 11) is 0. The minimum atomic E-state index is -1.25. The fourth-order valence-corrected chi connectivity index (χ4v) is 4.32. The van der Waals surface area contributed by atoms with Gasteiger partial charge < -0.3 is 15.3 Å². The van der Waals surface area contributed by atoms with Gasteiger partial charge in [0.2, 0.25) is 0 Å². The number of nitrogens with zero attached hydrogens (tertiary/aromatic N) is 1. The third kappa shape index (κ3) is 3.15. The molecule has 0 spiro atoms. The van der Waals surface area contributed by atoms with Crippen molar-refractivity contribution in [2.75, 3.05) is 34.8 Å². The Kier molecular flexibility index (Phi) is 4.33. The number of anilines is 2. The van der Waals surface area contributed by atoms with E-state index < -0.39 is 5.60 Å². The number of thioether (sulfide) groups is 1. The number of hydrogen-bond acceptors (Lipinski definition) is 4. The molecule has 2 aliphatic rings. The van der Waals surface area contributed by atoms with E-state index in [2.05, 4.69) is 10.2 Å². The van der Waals surface area contributed by atoms with Gasteiger partial charge >= 0.3 is 0 Å². The Morgan fingerprint density at radius 3 is 2.76 bits per heavy atom. The van der Waals surface area contributed by atoms with Crippen LogP contribution >= 0.6 is 23.4 Å². The average Bonchev–Trinajstić information content (AvgIpc) is 3.11. The van der Waals surface area contributed by atoms with Crippen LogP contribution in [0.4, 0.5) is 11.4 Å². The molecule has 2 N–H and O–H groups in total. The van der Waals surface area contributed by atoms with Crippen molar-refractivity contribution in [3.8, 4) is 0 Å². The maximum absolute atomic E-state index is 12.2. The van der Waals surface area contributed by atoms with Crippen LogP contribution in [0.3, 0.4) is 0 Å². The number of rotatable bonds is 3.